The predicted molar refractivity (Wildman–Crippen MR) is 73.1 cm³/mol. The summed E-state index contributed by atoms with van der Waals surface area (Å²) in [4.78, 5) is 22.6. The van der Waals surface area contributed by atoms with Crippen molar-refractivity contribution in [2.45, 2.75) is 26.7 Å². The molecule has 116 valence electrons. The summed E-state index contributed by atoms with van der Waals surface area (Å²) in [6.07, 6.45) is 3.98. The molecule has 20 heavy (non-hydrogen) atoms. The molecule has 0 bridgehead atoms. The molecular formula is C12H22N2O5S. The maximum absolute atomic E-state index is 11.3. The highest BCUT2D eigenvalue weighted by Gasteiger charge is 2.37. The molecule has 0 unspecified atom stereocenters. The predicted octanol–water partition coefficient (Wildman–Crippen LogP) is 0.254. The second kappa shape index (κ2) is 7.51. The van der Waals surface area contributed by atoms with Crippen molar-refractivity contribution in [1.29, 1.82) is 0 Å². The first-order chi connectivity index (χ1) is 9.05. The van der Waals surface area contributed by atoms with Gasteiger partial charge in [-0.2, -0.15) is 0 Å². The van der Waals surface area contributed by atoms with Crippen molar-refractivity contribution in [2.24, 2.45) is 0 Å². The Kier molecular flexibility index (Phi) is 7.04. The summed E-state index contributed by atoms with van der Waals surface area (Å²) in [5.74, 6) is -0.681. The van der Waals surface area contributed by atoms with Gasteiger partial charge in [-0.1, -0.05) is 13.8 Å². The van der Waals surface area contributed by atoms with E-state index in [1.54, 1.807) is 6.92 Å². The Morgan fingerprint density at radius 3 is 1.80 bits per heavy atom. The fraction of sp³-hybridized carbons (Fsp3) is 0.667. The maximum atomic E-state index is 11.3. The van der Waals surface area contributed by atoms with Crippen LogP contribution in [0.5, 0.6) is 0 Å². The summed E-state index contributed by atoms with van der Waals surface area (Å²) in [5.41, 5.74) is 0. The molecule has 1 aliphatic heterocycles. The van der Waals surface area contributed by atoms with Crippen molar-refractivity contribution in [2.75, 3.05) is 26.4 Å². The van der Waals surface area contributed by atoms with Gasteiger partial charge in [-0.25, -0.2) is 13.0 Å². The van der Waals surface area contributed by atoms with Crippen LogP contribution in [0.2, 0.25) is 0 Å². The van der Waals surface area contributed by atoms with Crippen molar-refractivity contribution in [3.05, 3.63) is 12.2 Å². The van der Waals surface area contributed by atoms with Crippen molar-refractivity contribution in [1.82, 2.24) is 5.01 Å². The summed E-state index contributed by atoms with van der Waals surface area (Å²) in [6, 6.07) is 0. The minimum Gasteiger partial charge on any atom is -0.748 e. The van der Waals surface area contributed by atoms with Crippen LogP contribution in [0.4, 0.5) is 0 Å². The van der Waals surface area contributed by atoms with Crippen molar-refractivity contribution >= 4 is 21.9 Å². The standard InChI is InChI=1S/C9H15N2O2.C3H8O3S/c1-4-7-11(2,3)10-8(12)5-6-9(10)13;1-2-3-7(4,5)6/h5-6H,4,7H2,1-3H3;2-3H2,1H3,(H,4,5,6)/q+1;/p-1. The molecule has 2 amide bonds. The molecule has 1 heterocycles. The highest BCUT2D eigenvalue weighted by atomic mass is 32.2. The van der Waals surface area contributed by atoms with E-state index in [0.29, 0.717) is 11.0 Å². The van der Waals surface area contributed by atoms with E-state index in [1.165, 1.54) is 17.2 Å². The average Bonchev–Trinajstić information content (AvgIpc) is 2.57. The van der Waals surface area contributed by atoms with Gasteiger partial charge in [-0.05, 0) is 12.8 Å². The lowest BCUT2D eigenvalue weighted by Gasteiger charge is -2.34. The number of hydrogen-bond donors (Lipinski definition) is 0. The Balaban J connectivity index is 0.000000441. The van der Waals surface area contributed by atoms with Gasteiger partial charge in [0.1, 0.15) is 6.54 Å². The highest BCUT2D eigenvalue weighted by Crippen LogP contribution is 2.13. The van der Waals surface area contributed by atoms with Gasteiger partial charge in [0.05, 0.1) is 24.2 Å². The number of amides is 2. The first-order valence-corrected chi connectivity index (χ1v) is 7.96. The van der Waals surface area contributed by atoms with E-state index in [9.17, 15) is 22.6 Å². The second-order valence-corrected chi connectivity index (χ2v) is 6.45. The third-order valence-corrected chi connectivity index (χ3v) is 3.46. The normalized spacial score (nSPS) is 15.3. The topological polar surface area (TPSA) is 94.6 Å². The van der Waals surface area contributed by atoms with Crippen LogP contribution in [0.3, 0.4) is 0 Å². The Labute approximate surface area is 120 Å². The van der Waals surface area contributed by atoms with E-state index in [-0.39, 0.29) is 17.6 Å². The molecule has 0 aromatic carbocycles. The van der Waals surface area contributed by atoms with Gasteiger partial charge in [0.2, 0.25) is 0 Å². The zero-order chi connectivity index (χ0) is 16.0. The van der Waals surface area contributed by atoms with Crippen LogP contribution in [0.25, 0.3) is 0 Å². The Morgan fingerprint density at radius 2 is 1.55 bits per heavy atom. The average molecular weight is 306 g/mol. The van der Waals surface area contributed by atoms with Gasteiger partial charge in [-0.3, -0.25) is 9.59 Å². The highest BCUT2D eigenvalue weighted by molar-refractivity contribution is 7.85. The van der Waals surface area contributed by atoms with Gasteiger partial charge < -0.3 is 4.55 Å². The summed E-state index contributed by atoms with van der Waals surface area (Å²) >= 11 is 0. The van der Waals surface area contributed by atoms with Crippen molar-refractivity contribution < 1.29 is 27.2 Å². The van der Waals surface area contributed by atoms with Gasteiger partial charge in [-0.15, -0.1) is 5.01 Å². The Morgan fingerprint density at radius 1 is 1.10 bits per heavy atom. The molecule has 8 heteroatoms. The van der Waals surface area contributed by atoms with Crippen LogP contribution in [0.1, 0.15) is 26.7 Å². The molecule has 1 rings (SSSR count). The zero-order valence-electron chi connectivity index (χ0n) is 12.3. The summed E-state index contributed by atoms with van der Waals surface area (Å²) in [7, 11) is -0.217. The number of nitrogens with zero attached hydrogens (tertiary/aromatic N) is 2. The fourth-order valence-corrected chi connectivity index (χ4v) is 2.32. The molecule has 0 radical (unpaired) electrons. The molecule has 0 atom stereocenters. The van der Waals surface area contributed by atoms with E-state index >= 15 is 0 Å². The molecule has 1 aliphatic rings. The number of quaternary nitrogens is 1. The number of rotatable bonds is 5. The first kappa shape index (κ1) is 18.8. The van der Waals surface area contributed by atoms with Crippen molar-refractivity contribution in [3.8, 4) is 0 Å². The van der Waals surface area contributed by atoms with Crippen LogP contribution >= 0.6 is 0 Å². The molecule has 0 aromatic heterocycles. The van der Waals surface area contributed by atoms with Crippen LogP contribution in [-0.2, 0) is 19.7 Å². The van der Waals surface area contributed by atoms with E-state index in [2.05, 4.69) is 0 Å². The van der Waals surface area contributed by atoms with Crippen LogP contribution in [0, 0.1) is 0 Å². The van der Waals surface area contributed by atoms with E-state index in [4.69, 9.17) is 0 Å². The van der Waals surface area contributed by atoms with Gasteiger partial charge in [0.15, 0.2) is 0 Å². The zero-order valence-corrected chi connectivity index (χ0v) is 13.1. The van der Waals surface area contributed by atoms with E-state index < -0.39 is 10.1 Å². The SMILES string of the molecule is CCCS(=O)(=O)[O-].CCC[N+](C)(C)N1C(=O)C=CC1=O. The summed E-state index contributed by atoms with van der Waals surface area (Å²) in [6.45, 7) is 4.45. The smallest absolute Gasteiger partial charge is 0.300 e. The lowest BCUT2D eigenvalue weighted by molar-refractivity contribution is -0.977. The molecule has 0 saturated carbocycles. The van der Waals surface area contributed by atoms with Crippen LogP contribution in [-0.4, -0.2) is 60.8 Å². The van der Waals surface area contributed by atoms with Gasteiger partial charge in [0.25, 0.3) is 11.8 Å². The third-order valence-electron chi connectivity index (χ3n) is 2.55. The van der Waals surface area contributed by atoms with E-state index in [1.807, 2.05) is 21.0 Å². The quantitative estimate of drug-likeness (QED) is 0.412. The van der Waals surface area contributed by atoms with Gasteiger partial charge >= 0.3 is 0 Å². The minimum atomic E-state index is -3.92. The van der Waals surface area contributed by atoms with Crippen LogP contribution < -0.4 is 0 Å². The molecule has 0 fully saturated rings. The molecular weight excluding hydrogens is 284 g/mol. The number of hydrogen-bond acceptors (Lipinski definition) is 5. The molecule has 7 nitrogen and oxygen atoms in total. The van der Waals surface area contributed by atoms with Gasteiger partial charge in [0, 0.05) is 17.9 Å². The number of carbonyl (C=O) groups is 2. The minimum absolute atomic E-state index is 0.219. The number of imide groups is 1. The summed E-state index contributed by atoms with van der Waals surface area (Å²) in [5, 5.41) is 1.27. The fourth-order valence-electron chi connectivity index (χ4n) is 1.82. The lowest BCUT2D eigenvalue weighted by Crippen LogP contribution is -2.57. The monoisotopic (exact) mass is 306 g/mol. The molecule has 0 N–H and O–H groups in total. The van der Waals surface area contributed by atoms with Crippen LogP contribution in [0.15, 0.2) is 12.2 Å². The second-order valence-electron chi connectivity index (χ2n) is 4.93. The van der Waals surface area contributed by atoms with E-state index in [0.717, 1.165) is 13.0 Å². The third kappa shape index (κ3) is 6.27. The first-order valence-electron chi connectivity index (χ1n) is 6.38. The largest absolute Gasteiger partial charge is 0.748 e. The maximum Gasteiger partial charge on any atom is 0.300 e. The number of carbonyl (C=O) groups excluding carboxylic acids is 2. The Bertz CT molecular complexity index is 464. The molecule has 0 spiro atoms. The summed E-state index contributed by atoms with van der Waals surface area (Å²) < 4.78 is 29.3. The molecule has 0 saturated heterocycles. The molecule has 0 aliphatic carbocycles. The van der Waals surface area contributed by atoms with Crippen molar-refractivity contribution in [3.63, 3.8) is 0 Å². The molecule has 0 aromatic rings. The lowest BCUT2D eigenvalue weighted by atomic mass is 10.4. The Hall–Kier alpha value is -1.25.